The van der Waals surface area contributed by atoms with E-state index in [4.69, 9.17) is 0 Å². The van der Waals surface area contributed by atoms with Crippen molar-refractivity contribution in [3.63, 3.8) is 0 Å². The molecule has 0 amide bonds. The van der Waals surface area contributed by atoms with Crippen LogP contribution in [0.3, 0.4) is 0 Å². The Labute approximate surface area is 119 Å². The van der Waals surface area contributed by atoms with Crippen LogP contribution in [-0.4, -0.2) is 0 Å². The van der Waals surface area contributed by atoms with Crippen LogP contribution in [-0.2, 0) is 0 Å². The molecule has 3 rings (SSSR count). The molecule has 3 heteroatoms. The van der Waals surface area contributed by atoms with Gasteiger partial charge < -0.3 is 5.32 Å². The highest BCUT2D eigenvalue weighted by molar-refractivity contribution is 14.1. The molecule has 17 heavy (non-hydrogen) atoms. The molecule has 1 aliphatic carbocycles. The Balaban J connectivity index is 1.81. The minimum Gasteiger partial charge on any atom is -0.377 e. The minimum absolute atomic E-state index is 0.508. The Morgan fingerprint density at radius 2 is 2.12 bits per heavy atom. The molecule has 88 valence electrons. The van der Waals surface area contributed by atoms with Crippen molar-refractivity contribution in [2.75, 3.05) is 5.32 Å². The molecule has 0 bridgehead atoms. The second kappa shape index (κ2) is 4.98. The molecular weight excluding hydrogens is 341 g/mol. The molecule has 0 radical (unpaired) electrons. The summed E-state index contributed by atoms with van der Waals surface area (Å²) in [4.78, 5) is 1.46. The number of thiophene rings is 1. The van der Waals surface area contributed by atoms with Crippen LogP contribution in [0.5, 0.6) is 0 Å². The molecule has 1 aromatic carbocycles. The van der Waals surface area contributed by atoms with Gasteiger partial charge in [-0.1, -0.05) is 12.1 Å². The summed E-state index contributed by atoms with van der Waals surface area (Å²) in [5.74, 6) is 0.825. The fourth-order valence-electron chi connectivity index (χ4n) is 2.08. The van der Waals surface area contributed by atoms with Crippen molar-refractivity contribution in [1.29, 1.82) is 0 Å². The molecule has 0 saturated heterocycles. The van der Waals surface area contributed by atoms with Crippen molar-refractivity contribution in [1.82, 2.24) is 0 Å². The number of halogens is 1. The molecule has 1 N–H and O–H groups in total. The van der Waals surface area contributed by atoms with Crippen LogP contribution in [0.1, 0.15) is 23.8 Å². The van der Waals surface area contributed by atoms with Crippen molar-refractivity contribution >= 4 is 39.6 Å². The first kappa shape index (κ1) is 11.5. The van der Waals surface area contributed by atoms with Gasteiger partial charge in [0.2, 0.25) is 0 Å². The highest BCUT2D eigenvalue weighted by Crippen LogP contribution is 2.44. The second-order valence-electron chi connectivity index (χ2n) is 4.49. The molecule has 1 aromatic heterocycles. The Morgan fingerprint density at radius 3 is 2.76 bits per heavy atom. The van der Waals surface area contributed by atoms with Crippen LogP contribution in [0, 0.1) is 9.49 Å². The van der Waals surface area contributed by atoms with Gasteiger partial charge in [0.25, 0.3) is 0 Å². The summed E-state index contributed by atoms with van der Waals surface area (Å²) in [6, 6.07) is 13.5. The first-order valence-electron chi connectivity index (χ1n) is 5.88. The van der Waals surface area contributed by atoms with E-state index in [2.05, 4.69) is 69.7 Å². The van der Waals surface area contributed by atoms with Crippen LogP contribution >= 0.6 is 33.9 Å². The summed E-state index contributed by atoms with van der Waals surface area (Å²) in [6.45, 7) is 0. The number of hydrogen-bond acceptors (Lipinski definition) is 2. The minimum atomic E-state index is 0.508. The van der Waals surface area contributed by atoms with Crippen molar-refractivity contribution in [3.8, 4) is 0 Å². The third kappa shape index (κ3) is 2.83. The topological polar surface area (TPSA) is 12.0 Å². The molecule has 0 spiro atoms. The largest absolute Gasteiger partial charge is 0.377 e. The molecule has 1 saturated carbocycles. The van der Waals surface area contributed by atoms with Crippen molar-refractivity contribution < 1.29 is 0 Å². The van der Waals surface area contributed by atoms with E-state index in [0.29, 0.717) is 6.04 Å². The highest BCUT2D eigenvalue weighted by atomic mass is 127. The predicted octanol–water partition coefficient (Wildman–Crippen LogP) is 4.92. The van der Waals surface area contributed by atoms with E-state index in [1.54, 1.807) is 0 Å². The van der Waals surface area contributed by atoms with E-state index in [9.17, 15) is 0 Å². The Kier molecular flexibility index (Phi) is 3.38. The standard InChI is InChI=1S/C14H14INS/c15-11-3-1-4-12(9-11)16-14(10-6-7-10)13-5-2-8-17-13/h1-5,8-10,14,16H,6-7H2. The number of hydrogen-bond donors (Lipinski definition) is 1. The summed E-state index contributed by atoms with van der Waals surface area (Å²) in [5.41, 5.74) is 1.24. The van der Waals surface area contributed by atoms with Gasteiger partial charge in [0.05, 0.1) is 6.04 Å². The van der Waals surface area contributed by atoms with E-state index in [0.717, 1.165) is 5.92 Å². The lowest BCUT2D eigenvalue weighted by Crippen LogP contribution is -2.11. The number of benzene rings is 1. The van der Waals surface area contributed by atoms with Crippen molar-refractivity contribution in [3.05, 3.63) is 50.2 Å². The molecule has 1 nitrogen and oxygen atoms in total. The quantitative estimate of drug-likeness (QED) is 0.768. The normalized spacial score (nSPS) is 16.8. The molecule has 2 aromatic rings. The fraction of sp³-hybridized carbons (Fsp3) is 0.286. The maximum absolute atomic E-state index is 3.69. The van der Waals surface area contributed by atoms with Gasteiger partial charge >= 0.3 is 0 Å². The maximum atomic E-state index is 3.69. The molecule has 1 unspecified atom stereocenters. The smallest absolute Gasteiger partial charge is 0.0634 e. The van der Waals surface area contributed by atoms with E-state index in [1.165, 1.54) is 27.0 Å². The predicted molar refractivity (Wildman–Crippen MR) is 82.6 cm³/mol. The average Bonchev–Trinajstić information content (AvgIpc) is 3.01. The molecule has 1 heterocycles. The molecular formula is C14H14INS. The van der Waals surface area contributed by atoms with Gasteiger partial charge in [0, 0.05) is 14.1 Å². The zero-order valence-corrected chi connectivity index (χ0v) is 12.4. The maximum Gasteiger partial charge on any atom is 0.0634 e. The lowest BCUT2D eigenvalue weighted by Gasteiger charge is -2.18. The van der Waals surface area contributed by atoms with Gasteiger partial charge in [0.1, 0.15) is 0 Å². The fourth-order valence-corrected chi connectivity index (χ4v) is 3.49. The first-order valence-corrected chi connectivity index (χ1v) is 7.84. The summed E-state index contributed by atoms with van der Waals surface area (Å²) in [5, 5.41) is 5.86. The van der Waals surface area contributed by atoms with Crippen molar-refractivity contribution in [2.24, 2.45) is 5.92 Å². The lowest BCUT2D eigenvalue weighted by atomic mass is 10.1. The zero-order chi connectivity index (χ0) is 11.7. The summed E-state index contributed by atoms with van der Waals surface area (Å²) < 4.78 is 1.29. The van der Waals surface area contributed by atoms with Gasteiger partial charge in [-0.2, -0.15) is 0 Å². The van der Waals surface area contributed by atoms with Crippen molar-refractivity contribution in [2.45, 2.75) is 18.9 Å². The van der Waals surface area contributed by atoms with Crippen LogP contribution < -0.4 is 5.32 Å². The van der Waals surface area contributed by atoms with Crippen LogP contribution in [0.4, 0.5) is 5.69 Å². The van der Waals surface area contributed by atoms with E-state index in [1.807, 2.05) is 11.3 Å². The molecule has 0 aliphatic heterocycles. The third-order valence-corrected chi connectivity index (χ3v) is 4.72. The van der Waals surface area contributed by atoms with Gasteiger partial charge in [-0.3, -0.25) is 0 Å². The van der Waals surface area contributed by atoms with Gasteiger partial charge in [-0.25, -0.2) is 0 Å². The van der Waals surface area contributed by atoms with E-state index >= 15 is 0 Å². The Morgan fingerprint density at radius 1 is 1.24 bits per heavy atom. The SMILES string of the molecule is Ic1cccc(NC(c2cccs2)C2CC2)c1. The number of rotatable bonds is 4. The first-order chi connectivity index (χ1) is 8.33. The summed E-state index contributed by atoms with van der Waals surface area (Å²) in [7, 11) is 0. The average molecular weight is 355 g/mol. The van der Waals surface area contributed by atoms with Crippen LogP contribution in [0.25, 0.3) is 0 Å². The zero-order valence-electron chi connectivity index (χ0n) is 9.40. The number of nitrogens with one attached hydrogen (secondary N) is 1. The number of anilines is 1. The summed E-state index contributed by atoms with van der Waals surface area (Å²) >= 11 is 4.22. The van der Waals surface area contributed by atoms with Gasteiger partial charge in [0.15, 0.2) is 0 Å². The molecule has 1 atom stereocenters. The third-order valence-electron chi connectivity index (χ3n) is 3.09. The second-order valence-corrected chi connectivity index (χ2v) is 6.71. The van der Waals surface area contributed by atoms with Crippen LogP contribution in [0.15, 0.2) is 41.8 Å². The van der Waals surface area contributed by atoms with E-state index < -0.39 is 0 Å². The van der Waals surface area contributed by atoms with Crippen LogP contribution in [0.2, 0.25) is 0 Å². The monoisotopic (exact) mass is 355 g/mol. The van der Waals surface area contributed by atoms with Gasteiger partial charge in [-0.05, 0) is 71.0 Å². The lowest BCUT2D eigenvalue weighted by molar-refractivity contribution is 0.691. The summed E-state index contributed by atoms with van der Waals surface area (Å²) in [6.07, 6.45) is 2.72. The Hall–Kier alpha value is -0.550. The highest BCUT2D eigenvalue weighted by Gasteiger charge is 2.32. The molecule has 1 fully saturated rings. The van der Waals surface area contributed by atoms with E-state index in [-0.39, 0.29) is 0 Å². The van der Waals surface area contributed by atoms with Gasteiger partial charge in [-0.15, -0.1) is 11.3 Å². The Bertz CT molecular complexity index is 491. The molecule has 1 aliphatic rings.